The zero-order valence-electron chi connectivity index (χ0n) is 19.5. The Hall–Kier alpha value is -4.58. The molecule has 1 saturated heterocycles. The molecule has 1 amide bonds. The quantitative estimate of drug-likeness (QED) is 0.342. The van der Waals surface area contributed by atoms with Gasteiger partial charge in [0.05, 0.1) is 11.4 Å². The maximum atomic E-state index is 13.3. The minimum absolute atomic E-state index is 0.0905. The van der Waals surface area contributed by atoms with E-state index in [9.17, 15) is 4.79 Å². The number of aromatic nitrogens is 7. The molecule has 4 aromatic heterocycles. The summed E-state index contributed by atoms with van der Waals surface area (Å²) >= 11 is 0. The zero-order valence-corrected chi connectivity index (χ0v) is 19.5. The van der Waals surface area contributed by atoms with Crippen LogP contribution in [0.2, 0.25) is 0 Å². The fourth-order valence-corrected chi connectivity index (χ4v) is 4.47. The summed E-state index contributed by atoms with van der Waals surface area (Å²) in [5.41, 5.74) is 9.06. The molecule has 0 spiro atoms. The lowest BCUT2D eigenvalue weighted by atomic mass is 10.1. The second-order valence-electron chi connectivity index (χ2n) is 8.71. The van der Waals surface area contributed by atoms with Gasteiger partial charge in [0, 0.05) is 24.5 Å². The van der Waals surface area contributed by atoms with Gasteiger partial charge in [0.25, 0.3) is 5.91 Å². The molecule has 1 atom stereocenters. The molecule has 0 radical (unpaired) electrons. The Bertz CT molecular complexity index is 1580. The number of ether oxygens (including phenoxy) is 1. The van der Waals surface area contributed by atoms with E-state index in [2.05, 4.69) is 35.8 Å². The van der Waals surface area contributed by atoms with Gasteiger partial charge < -0.3 is 21.1 Å². The third-order valence-electron chi connectivity index (χ3n) is 6.26. The van der Waals surface area contributed by atoms with E-state index in [4.69, 9.17) is 10.5 Å². The SMILES string of the molecule is Cc1cc(NC(=O)c2nn(C3CCCNC3)c3ncnc(N)c23)ccc1Oc1ccn2ncnc2c1. The van der Waals surface area contributed by atoms with Crippen molar-refractivity contribution in [3.8, 4) is 11.5 Å². The third-order valence-corrected chi connectivity index (χ3v) is 6.26. The van der Waals surface area contributed by atoms with Crippen molar-refractivity contribution in [2.75, 3.05) is 24.1 Å². The van der Waals surface area contributed by atoms with E-state index in [1.807, 2.05) is 19.1 Å². The molecule has 1 aliphatic heterocycles. The number of nitrogens with two attached hydrogens (primary N) is 1. The van der Waals surface area contributed by atoms with Crippen molar-refractivity contribution in [2.24, 2.45) is 0 Å². The van der Waals surface area contributed by atoms with E-state index in [1.54, 1.807) is 33.6 Å². The van der Waals surface area contributed by atoms with Gasteiger partial charge in [0.2, 0.25) is 0 Å². The second-order valence-corrected chi connectivity index (χ2v) is 8.71. The Labute approximate surface area is 205 Å². The number of fused-ring (bicyclic) bond motifs is 2. The predicted octanol–water partition coefficient (Wildman–Crippen LogP) is 2.73. The molecule has 12 heteroatoms. The van der Waals surface area contributed by atoms with Gasteiger partial charge in [0.1, 0.15) is 30.0 Å². The average Bonchev–Trinajstić information content (AvgIpc) is 3.51. The first-order chi connectivity index (χ1) is 17.6. The number of aryl methyl sites for hydroxylation is 1. The molecule has 12 nitrogen and oxygen atoms in total. The van der Waals surface area contributed by atoms with Crippen LogP contribution in [0.15, 0.2) is 49.2 Å². The van der Waals surface area contributed by atoms with Crippen LogP contribution in [0.4, 0.5) is 11.5 Å². The second kappa shape index (κ2) is 8.89. The molecule has 1 aromatic carbocycles. The van der Waals surface area contributed by atoms with Gasteiger partial charge in [-0.1, -0.05) is 0 Å². The molecule has 36 heavy (non-hydrogen) atoms. The molecule has 182 valence electrons. The number of carbonyl (C=O) groups excluding carboxylic acids is 1. The van der Waals surface area contributed by atoms with Crippen molar-refractivity contribution >= 4 is 34.1 Å². The van der Waals surface area contributed by atoms with E-state index >= 15 is 0 Å². The minimum atomic E-state index is -0.380. The molecule has 0 saturated carbocycles. The topological polar surface area (TPSA) is 150 Å². The van der Waals surface area contributed by atoms with Crippen LogP contribution in [0.5, 0.6) is 11.5 Å². The number of carbonyl (C=O) groups is 1. The number of hydrogen-bond acceptors (Lipinski definition) is 9. The first-order valence-electron chi connectivity index (χ1n) is 11.7. The number of rotatable bonds is 5. The molecular formula is C24H24N10O2. The largest absolute Gasteiger partial charge is 0.457 e. The smallest absolute Gasteiger partial charge is 0.277 e. The van der Waals surface area contributed by atoms with E-state index < -0.39 is 0 Å². The van der Waals surface area contributed by atoms with Gasteiger partial charge in [-0.25, -0.2) is 24.1 Å². The lowest BCUT2D eigenvalue weighted by Gasteiger charge is -2.23. The van der Waals surface area contributed by atoms with Crippen LogP contribution in [0.25, 0.3) is 16.7 Å². The molecule has 1 unspecified atom stereocenters. The number of nitrogen functional groups attached to an aromatic ring is 1. The zero-order chi connectivity index (χ0) is 24.6. The average molecular weight is 485 g/mol. The van der Waals surface area contributed by atoms with Crippen LogP contribution >= 0.6 is 0 Å². The third kappa shape index (κ3) is 3.96. The summed E-state index contributed by atoms with van der Waals surface area (Å²) in [5, 5.41) is 15.5. The van der Waals surface area contributed by atoms with Crippen LogP contribution in [-0.2, 0) is 0 Å². The molecule has 1 fully saturated rings. The first-order valence-corrected chi connectivity index (χ1v) is 11.7. The fourth-order valence-electron chi connectivity index (χ4n) is 4.47. The predicted molar refractivity (Wildman–Crippen MR) is 133 cm³/mol. The molecule has 1 aliphatic rings. The highest BCUT2D eigenvalue weighted by atomic mass is 16.5. The van der Waals surface area contributed by atoms with E-state index in [0.717, 1.165) is 31.5 Å². The molecule has 4 N–H and O–H groups in total. The normalized spacial score (nSPS) is 15.9. The Morgan fingerprint density at radius 2 is 2.11 bits per heavy atom. The number of anilines is 2. The van der Waals surface area contributed by atoms with Gasteiger partial charge in [-0.3, -0.25) is 4.79 Å². The number of amides is 1. The Kier molecular flexibility index (Phi) is 5.41. The van der Waals surface area contributed by atoms with Gasteiger partial charge in [0.15, 0.2) is 17.0 Å². The molecule has 5 heterocycles. The summed E-state index contributed by atoms with van der Waals surface area (Å²) in [6.45, 7) is 3.63. The maximum absolute atomic E-state index is 13.3. The Morgan fingerprint density at radius 3 is 2.94 bits per heavy atom. The van der Waals surface area contributed by atoms with Gasteiger partial charge in [-0.15, -0.1) is 0 Å². The maximum Gasteiger partial charge on any atom is 0.277 e. The van der Waals surface area contributed by atoms with Gasteiger partial charge in [-0.05, 0) is 56.1 Å². The molecule has 5 aromatic rings. The summed E-state index contributed by atoms with van der Waals surface area (Å²) < 4.78 is 9.48. The highest BCUT2D eigenvalue weighted by Gasteiger charge is 2.26. The standard InChI is InChI=1S/C24H24N10O2/c1-14-9-15(4-5-18(14)36-17-6-8-33-19(10-17)27-13-30-33)31-24(35)21-20-22(25)28-12-29-23(20)34(32-21)16-3-2-7-26-11-16/h4-6,8-10,12-13,16,26H,2-3,7,11H2,1H3,(H,31,35)(H2,25,28,29). The van der Waals surface area contributed by atoms with E-state index in [1.165, 1.54) is 12.7 Å². The summed E-state index contributed by atoms with van der Waals surface area (Å²) in [7, 11) is 0. The van der Waals surface area contributed by atoms with Crippen LogP contribution in [0.3, 0.4) is 0 Å². The van der Waals surface area contributed by atoms with Crippen molar-refractivity contribution in [3.63, 3.8) is 0 Å². The van der Waals surface area contributed by atoms with Crippen LogP contribution < -0.4 is 21.1 Å². The molecule has 0 aliphatic carbocycles. The van der Waals surface area contributed by atoms with Crippen LogP contribution in [0.1, 0.15) is 34.9 Å². The van der Waals surface area contributed by atoms with E-state index in [-0.39, 0.29) is 23.5 Å². The van der Waals surface area contributed by atoms with Crippen molar-refractivity contribution in [2.45, 2.75) is 25.8 Å². The summed E-state index contributed by atoms with van der Waals surface area (Å²) in [4.78, 5) is 25.9. The number of benzene rings is 1. The monoisotopic (exact) mass is 484 g/mol. The van der Waals surface area contributed by atoms with Crippen molar-refractivity contribution in [1.29, 1.82) is 0 Å². The summed E-state index contributed by atoms with van der Waals surface area (Å²) in [6, 6.07) is 9.13. The summed E-state index contributed by atoms with van der Waals surface area (Å²) in [5.74, 6) is 1.15. The van der Waals surface area contributed by atoms with Crippen LogP contribution in [0, 0.1) is 6.92 Å². The number of nitrogens with one attached hydrogen (secondary N) is 2. The highest BCUT2D eigenvalue weighted by Crippen LogP contribution is 2.30. The Morgan fingerprint density at radius 1 is 1.19 bits per heavy atom. The number of nitrogens with zero attached hydrogens (tertiary/aromatic N) is 7. The molecular weight excluding hydrogens is 460 g/mol. The van der Waals surface area contributed by atoms with E-state index in [0.29, 0.717) is 33.9 Å². The highest BCUT2D eigenvalue weighted by molar-refractivity contribution is 6.13. The minimum Gasteiger partial charge on any atom is -0.457 e. The van der Waals surface area contributed by atoms with Crippen molar-refractivity contribution in [3.05, 3.63) is 60.4 Å². The molecule has 0 bridgehead atoms. The van der Waals surface area contributed by atoms with Crippen molar-refractivity contribution < 1.29 is 9.53 Å². The molecule has 6 rings (SSSR count). The lowest BCUT2D eigenvalue weighted by molar-refractivity contribution is 0.102. The lowest BCUT2D eigenvalue weighted by Crippen LogP contribution is -2.32. The first kappa shape index (κ1) is 21.9. The summed E-state index contributed by atoms with van der Waals surface area (Å²) in [6.07, 6.45) is 6.63. The number of pyridine rings is 1. The van der Waals surface area contributed by atoms with Crippen LogP contribution in [-0.4, -0.2) is 53.3 Å². The van der Waals surface area contributed by atoms with Crippen molar-refractivity contribution in [1.82, 2.24) is 39.7 Å². The number of piperidine rings is 1. The number of hydrogen-bond donors (Lipinski definition) is 3. The fraction of sp³-hybridized carbons (Fsp3) is 0.250. The van der Waals surface area contributed by atoms with Gasteiger partial charge >= 0.3 is 0 Å². The van der Waals surface area contributed by atoms with Gasteiger partial charge in [-0.2, -0.15) is 10.2 Å². The Balaban J connectivity index is 1.25.